The van der Waals surface area contributed by atoms with Crippen LogP contribution in [-0.4, -0.2) is 37.7 Å². The Morgan fingerprint density at radius 1 is 1.54 bits per heavy atom. The van der Waals surface area contributed by atoms with Crippen LogP contribution in [0, 0.1) is 5.41 Å². The molecule has 0 bridgehead atoms. The number of nitrogens with zero attached hydrogens (tertiary/aromatic N) is 1. The van der Waals surface area contributed by atoms with E-state index in [1.807, 2.05) is 0 Å². The van der Waals surface area contributed by atoms with Gasteiger partial charge in [0.25, 0.3) is 0 Å². The smallest absolute Gasteiger partial charge is 0.0593 e. The Bertz CT molecular complexity index is 213. The van der Waals surface area contributed by atoms with Crippen LogP contribution in [0.25, 0.3) is 0 Å². The fourth-order valence-electron chi connectivity index (χ4n) is 1.94. The molecule has 0 amide bonds. The monoisotopic (exact) mass is 245 g/mol. The van der Waals surface area contributed by atoms with Crippen molar-refractivity contribution in [2.45, 2.75) is 12.8 Å². The van der Waals surface area contributed by atoms with E-state index in [9.17, 15) is 0 Å². The van der Waals surface area contributed by atoms with Crippen molar-refractivity contribution >= 4 is 15.9 Å². The van der Waals surface area contributed by atoms with E-state index in [4.69, 9.17) is 4.74 Å². The van der Waals surface area contributed by atoms with E-state index < -0.39 is 0 Å². The highest BCUT2D eigenvalue weighted by molar-refractivity contribution is 9.11. The number of rotatable bonds is 2. The topological polar surface area (TPSA) is 12.5 Å². The normalized spacial score (nSPS) is 27.2. The minimum Gasteiger partial charge on any atom is -0.379 e. The predicted octanol–water partition coefficient (Wildman–Crippen LogP) is 2.01. The van der Waals surface area contributed by atoms with Crippen molar-refractivity contribution in [3.63, 3.8) is 0 Å². The van der Waals surface area contributed by atoms with Gasteiger partial charge in [-0.05, 0) is 12.8 Å². The van der Waals surface area contributed by atoms with E-state index in [1.54, 1.807) is 0 Å². The molecule has 0 aromatic heterocycles. The average molecular weight is 246 g/mol. The Morgan fingerprint density at radius 2 is 2.31 bits per heavy atom. The molecule has 1 aliphatic carbocycles. The first-order valence-corrected chi connectivity index (χ1v) is 5.63. The third-order valence-corrected chi connectivity index (χ3v) is 3.12. The Morgan fingerprint density at radius 3 is 2.92 bits per heavy atom. The molecule has 0 N–H and O–H groups in total. The maximum Gasteiger partial charge on any atom is 0.0593 e. The zero-order valence-electron chi connectivity index (χ0n) is 7.89. The van der Waals surface area contributed by atoms with Crippen LogP contribution in [0.1, 0.15) is 12.8 Å². The molecule has 2 fully saturated rings. The van der Waals surface area contributed by atoms with Crippen LogP contribution in [0.2, 0.25) is 0 Å². The molecule has 1 heterocycles. The molecule has 1 saturated carbocycles. The van der Waals surface area contributed by atoms with E-state index >= 15 is 0 Å². The van der Waals surface area contributed by atoms with Crippen molar-refractivity contribution in [2.24, 2.45) is 5.41 Å². The van der Waals surface area contributed by atoms with Crippen molar-refractivity contribution in [1.82, 2.24) is 4.90 Å². The molecule has 2 aliphatic rings. The van der Waals surface area contributed by atoms with Gasteiger partial charge in [-0.2, -0.15) is 0 Å². The fraction of sp³-hybridized carbons (Fsp3) is 0.800. The minimum absolute atomic E-state index is 0.513. The van der Waals surface area contributed by atoms with Gasteiger partial charge in [-0.3, -0.25) is 4.90 Å². The van der Waals surface area contributed by atoms with Gasteiger partial charge < -0.3 is 4.74 Å². The number of ether oxygens (including phenoxy) is 1. The van der Waals surface area contributed by atoms with Gasteiger partial charge in [-0.25, -0.2) is 0 Å². The summed E-state index contributed by atoms with van der Waals surface area (Å²) in [6, 6.07) is 0. The van der Waals surface area contributed by atoms with E-state index in [1.165, 1.54) is 19.4 Å². The highest BCUT2D eigenvalue weighted by Crippen LogP contribution is 2.47. The van der Waals surface area contributed by atoms with Crippen molar-refractivity contribution in [2.75, 3.05) is 32.8 Å². The molecule has 1 saturated heterocycles. The number of hydrogen-bond donors (Lipinski definition) is 0. The van der Waals surface area contributed by atoms with E-state index in [0.717, 1.165) is 30.8 Å². The second-order valence-corrected chi connectivity index (χ2v) is 5.40. The third-order valence-electron chi connectivity index (χ3n) is 2.87. The molecular weight excluding hydrogens is 230 g/mol. The van der Waals surface area contributed by atoms with Crippen molar-refractivity contribution in [1.29, 1.82) is 0 Å². The van der Waals surface area contributed by atoms with Crippen LogP contribution in [0.3, 0.4) is 0 Å². The lowest BCUT2D eigenvalue weighted by Crippen LogP contribution is -2.31. The summed E-state index contributed by atoms with van der Waals surface area (Å²) in [6.07, 6.45) is 2.69. The maximum absolute atomic E-state index is 5.60. The Kier molecular flexibility index (Phi) is 2.77. The van der Waals surface area contributed by atoms with Crippen LogP contribution >= 0.6 is 15.9 Å². The lowest BCUT2D eigenvalue weighted by atomic mass is 10.1. The lowest BCUT2D eigenvalue weighted by Gasteiger charge is -2.22. The molecular formula is C10H16BrNO. The average Bonchev–Trinajstić information content (AvgIpc) is 2.80. The standard InChI is InChI=1S/C10H16BrNO/c1-9(11)6-12-4-5-13-8-10(7-12)2-3-10/h1-8H2. The summed E-state index contributed by atoms with van der Waals surface area (Å²) in [6.45, 7) is 8.93. The summed E-state index contributed by atoms with van der Waals surface area (Å²) in [7, 11) is 0. The van der Waals surface area contributed by atoms with Crippen LogP contribution in [0.15, 0.2) is 11.1 Å². The van der Waals surface area contributed by atoms with Crippen LogP contribution < -0.4 is 0 Å². The summed E-state index contributed by atoms with van der Waals surface area (Å²) in [5.74, 6) is 0. The van der Waals surface area contributed by atoms with Crippen LogP contribution in [0.4, 0.5) is 0 Å². The molecule has 0 aromatic carbocycles. The Hall–Kier alpha value is 0.140. The van der Waals surface area contributed by atoms with Gasteiger partial charge in [0.2, 0.25) is 0 Å². The predicted molar refractivity (Wildman–Crippen MR) is 57.0 cm³/mol. The summed E-state index contributed by atoms with van der Waals surface area (Å²) in [4.78, 5) is 2.44. The molecule has 13 heavy (non-hydrogen) atoms. The summed E-state index contributed by atoms with van der Waals surface area (Å²) in [5.41, 5.74) is 0.513. The first-order valence-electron chi connectivity index (χ1n) is 4.84. The number of hydrogen-bond acceptors (Lipinski definition) is 2. The molecule has 0 aromatic rings. The van der Waals surface area contributed by atoms with Crippen molar-refractivity contribution in [3.8, 4) is 0 Å². The Balaban J connectivity index is 1.91. The van der Waals surface area contributed by atoms with Gasteiger partial charge in [-0.1, -0.05) is 22.5 Å². The molecule has 74 valence electrons. The zero-order valence-corrected chi connectivity index (χ0v) is 9.48. The molecule has 0 atom stereocenters. The quantitative estimate of drug-likeness (QED) is 0.739. The molecule has 1 aliphatic heterocycles. The van der Waals surface area contributed by atoms with Gasteiger partial charge in [-0.15, -0.1) is 0 Å². The van der Waals surface area contributed by atoms with Gasteiger partial charge in [0, 0.05) is 29.5 Å². The maximum atomic E-state index is 5.60. The highest BCUT2D eigenvalue weighted by Gasteiger charge is 2.45. The van der Waals surface area contributed by atoms with Gasteiger partial charge >= 0.3 is 0 Å². The lowest BCUT2D eigenvalue weighted by molar-refractivity contribution is 0.115. The second kappa shape index (κ2) is 3.71. The second-order valence-electron chi connectivity index (χ2n) is 4.28. The summed E-state index contributed by atoms with van der Waals surface area (Å²) >= 11 is 3.42. The third kappa shape index (κ3) is 2.55. The van der Waals surface area contributed by atoms with Gasteiger partial charge in [0.1, 0.15) is 0 Å². The largest absolute Gasteiger partial charge is 0.379 e. The first-order chi connectivity index (χ1) is 6.20. The first kappa shape index (κ1) is 9.69. The van der Waals surface area contributed by atoms with Crippen molar-refractivity contribution in [3.05, 3.63) is 11.1 Å². The zero-order chi connectivity index (χ0) is 9.31. The summed E-state index contributed by atoms with van der Waals surface area (Å²) in [5, 5.41) is 0. The SMILES string of the molecule is C=C(Br)CN1CCOCC2(CC2)C1. The molecule has 0 unspecified atom stereocenters. The fourth-order valence-corrected chi connectivity index (χ4v) is 2.29. The highest BCUT2D eigenvalue weighted by atomic mass is 79.9. The minimum atomic E-state index is 0.513. The number of halogens is 1. The molecule has 0 radical (unpaired) electrons. The summed E-state index contributed by atoms with van der Waals surface area (Å²) < 4.78 is 6.67. The Labute approximate surface area is 88.1 Å². The van der Waals surface area contributed by atoms with Crippen LogP contribution in [0.5, 0.6) is 0 Å². The van der Waals surface area contributed by atoms with Gasteiger partial charge in [0.15, 0.2) is 0 Å². The van der Waals surface area contributed by atoms with E-state index in [0.29, 0.717) is 5.41 Å². The van der Waals surface area contributed by atoms with Gasteiger partial charge in [0.05, 0.1) is 13.2 Å². The molecule has 2 rings (SSSR count). The molecule has 3 heteroatoms. The van der Waals surface area contributed by atoms with E-state index in [2.05, 4.69) is 27.4 Å². The molecule has 1 spiro atoms. The van der Waals surface area contributed by atoms with Crippen molar-refractivity contribution < 1.29 is 4.74 Å². The van der Waals surface area contributed by atoms with Crippen LogP contribution in [-0.2, 0) is 4.74 Å². The molecule has 2 nitrogen and oxygen atoms in total. The van der Waals surface area contributed by atoms with E-state index in [-0.39, 0.29) is 0 Å².